The molecule has 2 amide bonds. The lowest BCUT2D eigenvalue weighted by Crippen LogP contribution is -2.43. The Hall–Kier alpha value is -3.74. The summed E-state index contributed by atoms with van der Waals surface area (Å²) in [5.41, 5.74) is 2.26. The molecule has 6 rings (SSSR count). The minimum atomic E-state index is -4.53. The van der Waals surface area contributed by atoms with Gasteiger partial charge in [0.05, 0.1) is 23.9 Å². The highest BCUT2D eigenvalue weighted by atomic mass is 32.1. The second-order valence-electron chi connectivity index (χ2n) is 10.6. The molecule has 0 unspecified atom stereocenters. The van der Waals surface area contributed by atoms with Gasteiger partial charge in [0, 0.05) is 61.4 Å². The Balaban J connectivity index is 1.18. The van der Waals surface area contributed by atoms with Crippen LogP contribution in [0.15, 0.2) is 54.2 Å². The van der Waals surface area contributed by atoms with Crippen molar-refractivity contribution in [2.24, 2.45) is 0 Å². The molecule has 5 heterocycles. The average molecular weight is 583 g/mol. The van der Waals surface area contributed by atoms with Crippen LogP contribution >= 0.6 is 11.3 Å². The van der Waals surface area contributed by atoms with Crippen molar-refractivity contribution in [1.82, 2.24) is 24.1 Å². The molecule has 3 aromatic heterocycles. The van der Waals surface area contributed by atoms with E-state index in [0.29, 0.717) is 48.5 Å². The number of anilines is 1. The molecule has 0 saturated carbocycles. The van der Waals surface area contributed by atoms with Gasteiger partial charge in [0.15, 0.2) is 0 Å². The maximum Gasteiger partial charge on any atom is 0.416 e. The molecule has 4 aromatic rings. The molecular formula is C29H29F3N6O2S. The Morgan fingerprint density at radius 1 is 1.07 bits per heavy atom. The van der Waals surface area contributed by atoms with Crippen molar-refractivity contribution >= 4 is 34.5 Å². The van der Waals surface area contributed by atoms with E-state index in [1.54, 1.807) is 33.1 Å². The van der Waals surface area contributed by atoms with E-state index < -0.39 is 17.6 Å². The number of imidazole rings is 1. The monoisotopic (exact) mass is 582 g/mol. The maximum atomic E-state index is 13.7. The lowest BCUT2D eigenvalue weighted by Gasteiger charge is -2.32. The quantitative estimate of drug-likeness (QED) is 0.372. The second-order valence-corrected chi connectivity index (χ2v) is 11.5. The fourth-order valence-electron chi connectivity index (χ4n) is 5.43. The van der Waals surface area contributed by atoms with Crippen molar-refractivity contribution in [2.75, 3.05) is 45.1 Å². The van der Waals surface area contributed by atoms with Crippen LogP contribution < -0.4 is 5.32 Å². The van der Waals surface area contributed by atoms with E-state index in [1.165, 1.54) is 11.3 Å². The molecule has 8 nitrogen and oxygen atoms in total. The van der Waals surface area contributed by atoms with Crippen molar-refractivity contribution in [3.8, 4) is 0 Å². The number of pyridine rings is 1. The number of amides is 2. The number of halogens is 3. The molecule has 0 atom stereocenters. The predicted molar refractivity (Wildman–Crippen MR) is 150 cm³/mol. The number of hydrogen-bond acceptors (Lipinski definition) is 6. The number of rotatable bonds is 5. The van der Waals surface area contributed by atoms with Crippen molar-refractivity contribution in [3.05, 3.63) is 87.0 Å². The van der Waals surface area contributed by atoms with E-state index in [9.17, 15) is 22.8 Å². The van der Waals surface area contributed by atoms with Crippen LogP contribution in [0.5, 0.6) is 0 Å². The number of carbonyl (C=O) groups is 2. The van der Waals surface area contributed by atoms with Gasteiger partial charge >= 0.3 is 6.18 Å². The van der Waals surface area contributed by atoms with Gasteiger partial charge in [0.2, 0.25) is 0 Å². The summed E-state index contributed by atoms with van der Waals surface area (Å²) in [4.78, 5) is 37.8. The molecule has 2 aliphatic rings. The number of carbonyl (C=O) groups excluding carboxylic acids is 2. The predicted octanol–water partition coefficient (Wildman–Crippen LogP) is 4.61. The zero-order valence-corrected chi connectivity index (χ0v) is 23.3. The zero-order chi connectivity index (χ0) is 28.7. The van der Waals surface area contributed by atoms with Crippen molar-refractivity contribution < 1.29 is 22.8 Å². The Kier molecular flexibility index (Phi) is 7.30. The molecule has 1 aromatic carbocycles. The Morgan fingerprint density at radius 2 is 1.88 bits per heavy atom. The van der Waals surface area contributed by atoms with E-state index >= 15 is 0 Å². The fourth-order valence-corrected chi connectivity index (χ4v) is 6.52. The highest BCUT2D eigenvalue weighted by Crippen LogP contribution is 2.34. The van der Waals surface area contributed by atoms with Crippen LogP contribution in [0.25, 0.3) is 5.65 Å². The summed E-state index contributed by atoms with van der Waals surface area (Å²) >= 11 is 1.38. The Bertz CT molecular complexity index is 1610. The topological polar surface area (TPSA) is 73.2 Å². The van der Waals surface area contributed by atoms with Gasteiger partial charge in [-0.2, -0.15) is 13.2 Å². The largest absolute Gasteiger partial charge is 0.416 e. The van der Waals surface area contributed by atoms with Gasteiger partial charge in [0.25, 0.3) is 11.8 Å². The number of nitrogens with zero attached hydrogens (tertiary/aromatic N) is 5. The highest BCUT2D eigenvalue weighted by molar-refractivity contribution is 7.10. The smallest absolute Gasteiger partial charge is 0.332 e. The van der Waals surface area contributed by atoms with Crippen LogP contribution in [0.3, 0.4) is 0 Å². The molecule has 41 heavy (non-hydrogen) atoms. The highest BCUT2D eigenvalue weighted by Gasteiger charge is 2.32. The normalized spacial score (nSPS) is 16.6. The van der Waals surface area contributed by atoms with Gasteiger partial charge in [-0.1, -0.05) is 6.07 Å². The lowest BCUT2D eigenvalue weighted by molar-refractivity contribution is -0.137. The number of aromatic nitrogens is 2. The first-order valence-corrected chi connectivity index (χ1v) is 14.3. The fraction of sp³-hybridized carbons (Fsp3) is 0.345. The maximum absolute atomic E-state index is 13.7. The van der Waals surface area contributed by atoms with E-state index in [0.717, 1.165) is 48.8 Å². The van der Waals surface area contributed by atoms with Gasteiger partial charge in [0.1, 0.15) is 11.3 Å². The van der Waals surface area contributed by atoms with E-state index in [2.05, 4.69) is 20.1 Å². The van der Waals surface area contributed by atoms with E-state index in [-0.39, 0.29) is 11.6 Å². The summed E-state index contributed by atoms with van der Waals surface area (Å²) in [5.74, 6) is -0.598. The molecule has 0 radical (unpaired) electrons. The first kappa shape index (κ1) is 27.4. The molecule has 214 valence electrons. The van der Waals surface area contributed by atoms with Gasteiger partial charge in [-0.3, -0.25) is 18.9 Å². The van der Waals surface area contributed by atoms with Crippen molar-refractivity contribution in [1.29, 1.82) is 0 Å². The van der Waals surface area contributed by atoms with Crippen molar-refractivity contribution in [2.45, 2.75) is 25.7 Å². The molecule has 1 fully saturated rings. The zero-order valence-electron chi connectivity index (χ0n) is 22.4. The standard InChI is InChI=1S/C29H29F3N6O2S/c1-35-8-10-36(11-9-35)16-19-12-20(29(30,31)32)14-21(13-19)34-27(39)23-18-41-25-17-37(7-5-22(23)25)28(40)24-15-33-26-4-2-3-6-38(24)26/h2-4,6,12-15,18H,5,7-11,16-17H2,1H3,(H,34,39). The molecule has 0 spiro atoms. The van der Waals surface area contributed by atoms with Gasteiger partial charge < -0.3 is 15.1 Å². The third-order valence-electron chi connectivity index (χ3n) is 7.69. The summed E-state index contributed by atoms with van der Waals surface area (Å²) in [5, 5.41) is 4.44. The first-order chi connectivity index (χ1) is 19.7. The third-order valence-corrected chi connectivity index (χ3v) is 8.71. The van der Waals surface area contributed by atoms with Crippen LogP contribution in [-0.4, -0.2) is 75.7 Å². The number of nitrogens with one attached hydrogen (secondary N) is 1. The molecule has 0 aliphatic carbocycles. The number of likely N-dealkylation sites (N-methyl/N-ethyl adjacent to an activating group) is 1. The molecule has 12 heteroatoms. The molecular weight excluding hydrogens is 553 g/mol. The summed E-state index contributed by atoms with van der Waals surface area (Å²) < 4.78 is 43.0. The van der Waals surface area contributed by atoms with Crippen LogP contribution in [0.4, 0.5) is 18.9 Å². The molecule has 1 saturated heterocycles. The molecule has 1 N–H and O–H groups in total. The Labute approximate surface area is 239 Å². The summed E-state index contributed by atoms with van der Waals surface area (Å²) in [7, 11) is 2.02. The van der Waals surface area contributed by atoms with Crippen LogP contribution in [0.1, 0.15) is 42.4 Å². The van der Waals surface area contributed by atoms with E-state index in [4.69, 9.17) is 0 Å². The van der Waals surface area contributed by atoms with E-state index in [1.807, 2.05) is 25.2 Å². The van der Waals surface area contributed by atoms with Gasteiger partial charge in [-0.15, -0.1) is 11.3 Å². The minimum absolute atomic E-state index is 0.120. The minimum Gasteiger partial charge on any atom is -0.332 e. The number of alkyl halides is 3. The first-order valence-electron chi connectivity index (χ1n) is 13.4. The summed E-state index contributed by atoms with van der Waals surface area (Å²) in [6.45, 7) is 4.40. The van der Waals surface area contributed by atoms with Crippen LogP contribution in [-0.2, 0) is 25.7 Å². The number of benzene rings is 1. The second kappa shape index (κ2) is 10.9. The number of piperazine rings is 1. The van der Waals surface area contributed by atoms with Crippen molar-refractivity contribution in [3.63, 3.8) is 0 Å². The summed E-state index contributed by atoms with van der Waals surface area (Å²) in [6.07, 6.45) is -0.701. The average Bonchev–Trinajstić information content (AvgIpc) is 3.57. The Morgan fingerprint density at radius 3 is 2.66 bits per heavy atom. The van der Waals surface area contributed by atoms with Gasteiger partial charge in [-0.05, 0) is 54.9 Å². The summed E-state index contributed by atoms with van der Waals surface area (Å²) in [6, 6.07) is 9.30. The number of hydrogen-bond donors (Lipinski definition) is 1. The number of thiophene rings is 1. The third kappa shape index (κ3) is 5.72. The molecule has 2 aliphatic heterocycles. The number of fused-ring (bicyclic) bond motifs is 2. The van der Waals surface area contributed by atoms with Crippen LogP contribution in [0, 0.1) is 0 Å². The SMILES string of the molecule is CN1CCN(Cc2cc(NC(=O)c3csc4c3CCN(C(=O)c3cnc5ccccn35)C4)cc(C(F)(F)F)c2)CC1. The molecule has 0 bridgehead atoms. The van der Waals surface area contributed by atoms with Gasteiger partial charge in [-0.25, -0.2) is 4.98 Å². The lowest BCUT2D eigenvalue weighted by atomic mass is 10.0. The van der Waals surface area contributed by atoms with Crippen LogP contribution in [0.2, 0.25) is 0 Å².